The number of rotatable bonds is 6. The standard InChI is InChI=1S/C19H25FN4OS/c1-12(2)21-18(25)14-4-3-5-16(11-14)22-19-24-23-17(26-19)10-13-6-8-15(20)9-7-13/h6-9,12,14,16H,3-5,10-11H2,1-2H3,(H,21,25)(H,22,24). The Hall–Kier alpha value is -2.02. The van der Waals surface area contributed by atoms with Crippen molar-refractivity contribution in [1.29, 1.82) is 0 Å². The third kappa shape index (κ3) is 5.24. The highest BCUT2D eigenvalue weighted by molar-refractivity contribution is 7.15. The average molecular weight is 377 g/mol. The Morgan fingerprint density at radius 2 is 2.04 bits per heavy atom. The number of nitrogens with zero attached hydrogens (tertiary/aromatic N) is 2. The molecule has 1 aromatic carbocycles. The zero-order valence-corrected chi connectivity index (χ0v) is 16.0. The highest BCUT2D eigenvalue weighted by Crippen LogP contribution is 2.28. The fraction of sp³-hybridized carbons (Fsp3) is 0.526. The number of benzene rings is 1. The average Bonchev–Trinajstić information content (AvgIpc) is 3.03. The van der Waals surface area contributed by atoms with Crippen molar-refractivity contribution in [3.63, 3.8) is 0 Å². The van der Waals surface area contributed by atoms with Crippen LogP contribution >= 0.6 is 11.3 Å². The third-order valence-corrected chi connectivity index (χ3v) is 5.39. The maximum atomic E-state index is 13.0. The SMILES string of the molecule is CC(C)NC(=O)C1CCCC(Nc2nnc(Cc3ccc(F)cc3)s2)C1. The molecule has 1 heterocycles. The fourth-order valence-electron chi connectivity index (χ4n) is 3.30. The minimum Gasteiger partial charge on any atom is -0.357 e. The van der Waals surface area contributed by atoms with Crippen molar-refractivity contribution in [3.8, 4) is 0 Å². The van der Waals surface area contributed by atoms with Gasteiger partial charge in [-0.3, -0.25) is 4.79 Å². The van der Waals surface area contributed by atoms with Gasteiger partial charge < -0.3 is 10.6 Å². The van der Waals surface area contributed by atoms with Crippen LogP contribution in [0, 0.1) is 11.7 Å². The van der Waals surface area contributed by atoms with Crippen LogP contribution in [0.3, 0.4) is 0 Å². The molecule has 1 aliphatic rings. The maximum Gasteiger partial charge on any atom is 0.223 e. The third-order valence-electron chi connectivity index (χ3n) is 4.54. The Morgan fingerprint density at radius 3 is 2.77 bits per heavy atom. The molecule has 3 rings (SSSR count). The van der Waals surface area contributed by atoms with Crippen molar-refractivity contribution >= 4 is 22.4 Å². The lowest BCUT2D eigenvalue weighted by Crippen LogP contribution is -2.40. The van der Waals surface area contributed by atoms with Crippen molar-refractivity contribution in [2.75, 3.05) is 5.32 Å². The van der Waals surface area contributed by atoms with E-state index in [1.54, 1.807) is 12.1 Å². The predicted molar refractivity (Wildman–Crippen MR) is 102 cm³/mol. The summed E-state index contributed by atoms with van der Waals surface area (Å²) in [5.74, 6) is -0.0160. The molecule has 0 radical (unpaired) electrons. The lowest BCUT2D eigenvalue weighted by molar-refractivity contribution is -0.126. The number of carbonyl (C=O) groups is 1. The van der Waals surface area contributed by atoms with E-state index in [2.05, 4.69) is 20.8 Å². The van der Waals surface area contributed by atoms with Gasteiger partial charge in [0.1, 0.15) is 10.8 Å². The highest BCUT2D eigenvalue weighted by Gasteiger charge is 2.28. The number of hydrogen-bond donors (Lipinski definition) is 2. The molecule has 2 N–H and O–H groups in total. The van der Waals surface area contributed by atoms with Crippen LogP contribution in [0.5, 0.6) is 0 Å². The Morgan fingerprint density at radius 1 is 1.27 bits per heavy atom. The quantitative estimate of drug-likeness (QED) is 0.805. The summed E-state index contributed by atoms with van der Waals surface area (Å²) >= 11 is 1.52. The summed E-state index contributed by atoms with van der Waals surface area (Å²) in [5.41, 5.74) is 1.01. The Bertz CT molecular complexity index is 731. The molecule has 7 heteroatoms. The number of aromatic nitrogens is 2. The number of nitrogens with one attached hydrogen (secondary N) is 2. The lowest BCUT2D eigenvalue weighted by Gasteiger charge is -2.29. The molecule has 2 unspecified atom stereocenters. The summed E-state index contributed by atoms with van der Waals surface area (Å²) in [6.45, 7) is 3.97. The summed E-state index contributed by atoms with van der Waals surface area (Å²) in [4.78, 5) is 12.2. The second-order valence-electron chi connectivity index (χ2n) is 7.17. The summed E-state index contributed by atoms with van der Waals surface area (Å²) in [6, 6.07) is 6.87. The number of carbonyl (C=O) groups excluding carboxylic acids is 1. The molecule has 5 nitrogen and oxygen atoms in total. The number of halogens is 1. The molecule has 0 aliphatic heterocycles. The Balaban J connectivity index is 1.55. The summed E-state index contributed by atoms with van der Waals surface area (Å²) in [5, 5.41) is 16.6. The van der Waals surface area contributed by atoms with Gasteiger partial charge in [-0.25, -0.2) is 4.39 Å². The van der Waals surface area contributed by atoms with Gasteiger partial charge in [0.2, 0.25) is 11.0 Å². The van der Waals surface area contributed by atoms with Gasteiger partial charge in [0, 0.05) is 24.4 Å². The van der Waals surface area contributed by atoms with E-state index in [1.807, 2.05) is 13.8 Å². The Kier molecular flexibility index (Phi) is 6.19. The Labute approximate surface area is 157 Å². The molecule has 1 aliphatic carbocycles. The zero-order chi connectivity index (χ0) is 18.5. The minimum atomic E-state index is -0.235. The number of amides is 1. The summed E-state index contributed by atoms with van der Waals surface area (Å²) in [7, 11) is 0. The van der Waals surface area contributed by atoms with Gasteiger partial charge in [-0.05, 0) is 50.8 Å². The van der Waals surface area contributed by atoms with E-state index in [-0.39, 0.29) is 29.7 Å². The first-order valence-corrected chi connectivity index (χ1v) is 9.95. The molecular formula is C19H25FN4OS. The second kappa shape index (κ2) is 8.58. The zero-order valence-electron chi connectivity index (χ0n) is 15.2. The van der Waals surface area contributed by atoms with E-state index in [0.29, 0.717) is 6.42 Å². The van der Waals surface area contributed by atoms with E-state index in [1.165, 1.54) is 23.5 Å². The van der Waals surface area contributed by atoms with E-state index < -0.39 is 0 Å². The van der Waals surface area contributed by atoms with Crippen molar-refractivity contribution in [2.24, 2.45) is 5.92 Å². The molecule has 0 saturated heterocycles. The topological polar surface area (TPSA) is 66.9 Å². The molecule has 1 aromatic heterocycles. The van der Waals surface area contributed by atoms with E-state index in [4.69, 9.17) is 0 Å². The monoisotopic (exact) mass is 376 g/mol. The maximum absolute atomic E-state index is 13.0. The first kappa shape index (κ1) is 18.8. The fourth-order valence-corrected chi connectivity index (χ4v) is 4.15. The van der Waals surface area contributed by atoms with E-state index in [0.717, 1.165) is 41.4 Å². The van der Waals surface area contributed by atoms with Crippen LogP contribution in [-0.4, -0.2) is 28.2 Å². The smallest absolute Gasteiger partial charge is 0.223 e. The van der Waals surface area contributed by atoms with Gasteiger partial charge in [0.25, 0.3) is 0 Å². The van der Waals surface area contributed by atoms with Crippen LogP contribution < -0.4 is 10.6 Å². The van der Waals surface area contributed by atoms with Crippen LogP contribution in [0.15, 0.2) is 24.3 Å². The number of hydrogen-bond acceptors (Lipinski definition) is 5. The minimum absolute atomic E-state index is 0.0651. The van der Waals surface area contributed by atoms with Crippen LogP contribution in [-0.2, 0) is 11.2 Å². The van der Waals surface area contributed by atoms with Crippen LogP contribution in [0.4, 0.5) is 9.52 Å². The van der Waals surface area contributed by atoms with Gasteiger partial charge >= 0.3 is 0 Å². The van der Waals surface area contributed by atoms with Gasteiger partial charge in [-0.1, -0.05) is 29.9 Å². The molecule has 2 atom stereocenters. The van der Waals surface area contributed by atoms with E-state index in [9.17, 15) is 9.18 Å². The van der Waals surface area contributed by atoms with Crippen LogP contribution in [0.1, 0.15) is 50.1 Å². The predicted octanol–water partition coefficient (Wildman–Crippen LogP) is 3.76. The van der Waals surface area contributed by atoms with Gasteiger partial charge in [0.15, 0.2) is 0 Å². The van der Waals surface area contributed by atoms with Crippen LogP contribution in [0.2, 0.25) is 0 Å². The normalized spacial score (nSPS) is 20.2. The van der Waals surface area contributed by atoms with Gasteiger partial charge in [-0.2, -0.15) is 0 Å². The largest absolute Gasteiger partial charge is 0.357 e. The molecule has 0 spiro atoms. The highest BCUT2D eigenvalue weighted by atomic mass is 32.1. The molecule has 26 heavy (non-hydrogen) atoms. The van der Waals surface area contributed by atoms with E-state index >= 15 is 0 Å². The lowest BCUT2D eigenvalue weighted by atomic mass is 9.85. The molecule has 140 valence electrons. The van der Waals surface area contributed by atoms with Crippen molar-refractivity contribution < 1.29 is 9.18 Å². The molecule has 0 bridgehead atoms. The second-order valence-corrected chi connectivity index (χ2v) is 8.23. The molecule has 1 amide bonds. The first-order valence-electron chi connectivity index (χ1n) is 9.13. The van der Waals surface area contributed by atoms with Crippen molar-refractivity contribution in [3.05, 3.63) is 40.7 Å². The van der Waals surface area contributed by atoms with Crippen molar-refractivity contribution in [2.45, 2.75) is 58.0 Å². The van der Waals surface area contributed by atoms with Crippen molar-refractivity contribution in [1.82, 2.24) is 15.5 Å². The van der Waals surface area contributed by atoms with Gasteiger partial charge in [0.05, 0.1) is 0 Å². The first-order chi connectivity index (χ1) is 12.5. The molecule has 1 fully saturated rings. The van der Waals surface area contributed by atoms with Gasteiger partial charge in [-0.15, -0.1) is 10.2 Å². The number of anilines is 1. The molecule has 1 saturated carbocycles. The molecular weight excluding hydrogens is 351 g/mol. The molecule has 2 aromatic rings. The summed E-state index contributed by atoms with van der Waals surface area (Å²) in [6.07, 6.45) is 4.49. The van der Waals surface area contributed by atoms with Crippen LogP contribution in [0.25, 0.3) is 0 Å². The summed E-state index contributed by atoms with van der Waals surface area (Å²) < 4.78 is 13.0.